The van der Waals surface area contributed by atoms with Crippen LogP contribution >= 0.6 is 0 Å². The molecule has 1 aromatic heterocycles. The van der Waals surface area contributed by atoms with Crippen LogP contribution in [-0.2, 0) is 9.53 Å². The zero-order valence-electron chi connectivity index (χ0n) is 14.5. The van der Waals surface area contributed by atoms with Crippen LogP contribution in [0.1, 0.15) is 17.5 Å². The van der Waals surface area contributed by atoms with E-state index in [4.69, 9.17) is 9.15 Å². The first-order valence-electron chi connectivity index (χ1n) is 8.16. The Morgan fingerprint density at radius 1 is 0.964 bits per heavy atom. The summed E-state index contributed by atoms with van der Waals surface area (Å²) in [4.78, 5) is 24.2. The molecular weight excluding hydrogens is 375 g/mol. The summed E-state index contributed by atoms with van der Waals surface area (Å²) in [7, 11) is 0. The fraction of sp³-hybridized carbons (Fsp3) is 0.100. The molecule has 0 aliphatic carbocycles. The molecule has 8 heteroatoms. The highest BCUT2D eigenvalue weighted by Crippen LogP contribution is 2.23. The Balaban J connectivity index is 1.63. The lowest BCUT2D eigenvalue weighted by molar-refractivity contribution is -0.123. The van der Waals surface area contributed by atoms with Crippen LogP contribution in [0.15, 0.2) is 59.0 Å². The summed E-state index contributed by atoms with van der Waals surface area (Å²) < 4.78 is 49.8. The quantitative estimate of drug-likeness (QED) is 0.650. The van der Waals surface area contributed by atoms with E-state index in [0.717, 1.165) is 12.1 Å². The number of carbonyl (C=O) groups excluding carboxylic acids is 2. The van der Waals surface area contributed by atoms with Crippen LogP contribution in [0.5, 0.6) is 0 Å². The molecule has 0 spiro atoms. The summed E-state index contributed by atoms with van der Waals surface area (Å²) in [6.07, 6.45) is -1.27. The van der Waals surface area contributed by atoms with Gasteiger partial charge in [-0.15, -0.1) is 0 Å². The van der Waals surface area contributed by atoms with Crippen molar-refractivity contribution in [2.75, 3.05) is 5.32 Å². The highest BCUT2D eigenvalue weighted by molar-refractivity contribution is 5.96. The molecule has 0 aliphatic heterocycles. The fourth-order valence-corrected chi connectivity index (χ4v) is 2.31. The van der Waals surface area contributed by atoms with E-state index in [9.17, 15) is 22.8 Å². The van der Waals surface area contributed by atoms with Crippen molar-refractivity contribution in [1.82, 2.24) is 0 Å². The number of ether oxygens (including phenoxy) is 1. The van der Waals surface area contributed by atoms with Crippen molar-refractivity contribution in [1.29, 1.82) is 0 Å². The molecule has 0 saturated carbocycles. The second kappa shape index (κ2) is 7.99. The minimum Gasteiger partial charge on any atom is -0.449 e. The maximum Gasteiger partial charge on any atom is 0.375 e. The normalized spacial score (nSPS) is 11.7. The van der Waals surface area contributed by atoms with Crippen LogP contribution in [0.3, 0.4) is 0 Å². The molecule has 0 bridgehead atoms. The van der Waals surface area contributed by atoms with Gasteiger partial charge in [-0.05, 0) is 55.5 Å². The van der Waals surface area contributed by atoms with E-state index in [1.807, 2.05) is 0 Å². The Morgan fingerprint density at radius 2 is 1.64 bits per heavy atom. The van der Waals surface area contributed by atoms with Crippen molar-refractivity contribution in [3.05, 3.63) is 77.8 Å². The zero-order valence-corrected chi connectivity index (χ0v) is 14.5. The number of benzene rings is 2. The molecule has 0 aliphatic rings. The standard InChI is InChI=1S/C20H14F3NO4/c1-11(19(25)24-16-7-6-14(22)10-15(16)23)27-20(26)18-9-8-17(28-18)12-2-4-13(21)5-3-12/h2-11H,1H3,(H,24,25)/t11-/m0/s1. The summed E-state index contributed by atoms with van der Waals surface area (Å²) in [5.41, 5.74) is 0.309. The van der Waals surface area contributed by atoms with Crippen molar-refractivity contribution in [2.45, 2.75) is 13.0 Å². The SMILES string of the molecule is C[C@H](OC(=O)c1ccc(-c2ccc(F)cc2)o1)C(=O)Nc1ccc(F)cc1F. The van der Waals surface area contributed by atoms with Gasteiger partial charge in [0, 0.05) is 11.6 Å². The van der Waals surface area contributed by atoms with Crippen LogP contribution in [0.25, 0.3) is 11.3 Å². The summed E-state index contributed by atoms with van der Waals surface area (Å²) in [6.45, 7) is 1.29. The van der Waals surface area contributed by atoms with Crippen LogP contribution in [0, 0.1) is 17.5 Å². The number of hydrogen-bond donors (Lipinski definition) is 1. The molecule has 28 heavy (non-hydrogen) atoms. The molecule has 0 unspecified atom stereocenters. The molecule has 1 atom stereocenters. The van der Waals surface area contributed by atoms with Crippen molar-refractivity contribution in [2.24, 2.45) is 0 Å². The number of nitrogens with one attached hydrogen (secondary N) is 1. The van der Waals surface area contributed by atoms with E-state index < -0.39 is 35.4 Å². The summed E-state index contributed by atoms with van der Waals surface area (Å²) in [5, 5.41) is 2.21. The third-order valence-electron chi connectivity index (χ3n) is 3.78. The van der Waals surface area contributed by atoms with Gasteiger partial charge in [0.2, 0.25) is 5.76 Å². The maximum atomic E-state index is 13.6. The van der Waals surface area contributed by atoms with E-state index >= 15 is 0 Å². The van der Waals surface area contributed by atoms with Gasteiger partial charge in [0.05, 0.1) is 5.69 Å². The van der Waals surface area contributed by atoms with Gasteiger partial charge in [-0.3, -0.25) is 4.79 Å². The molecule has 2 aromatic carbocycles. The maximum absolute atomic E-state index is 13.6. The number of anilines is 1. The lowest BCUT2D eigenvalue weighted by Gasteiger charge is -2.13. The summed E-state index contributed by atoms with van der Waals surface area (Å²) in [6, 6.07) is 11.0. The lowest BCUT2D eigenvalue weighted by Crippen LogP contribution is -2.30. The summed E-state index contributed by atoms with van der Waals surface area (Å²) in [5.74, 6) is -3.71. The number of amides is 1. The Bertz CT molecular complexity index is 1010. The Hall–Kier alpha value is -3.55. The van der Waals surface area contributed by atoms with E-state index in [-0.39, 0.29) is 11.4 Å². The van der Waals surface area contributed by atoms with Gasteiger partial charge < -0.3 is 14.5 Å². The molecule has 3 aromatic rings. The third-order valence-corrected chi connectivity index (χ3v) is 3.78. The molecule has 1 heterocycles. The van der Waals surface area contributed by atoms with Gasteiger partial charge in [0.1, 0.15) is 23.2 Å². The van der Waals surface area contributed by atoms with E-state index in [2.05, 4.69) is 5.32 Å². The molecule has 1 N–H and O–H groups in total. The first-order valence-corrected chi connectivity index (χ1v) is 8.16. The molecule has 3 rings (SSSR count). The highest BCUT2D eigenvalue weighted by atomic mass is 19.1. The van der Waals surface area contributed by atoms with Crippen LogP contribution in [-0.4, -0.2) is 18.0 Å². The van der Waals surface area contributed by atoms with Crippen molar-refractivity contribution in [3.63, 3.8) is 0 Å². The van der Waals surface area contributed by atoms with E-state index in [0.29, 0.717) is 17.4 Å². The van der Waals surface area contributed by atoms with Gasteiger partial charge in [0.25, 0.3) is 5.91 Å². The van der Waals surface area contributed by atoms with Gasteiger partial charge in [-0.2, -0.15) is 0 Å². The van der Waals surface area contributed by atoms with E-state index in [1.165, 1.54) is 43.3 Å². The van der Waals surface area contributed by atoms with Gasteiger partial charge in [0.15, 0.2) is 6.10 Å². The lowest BCUT2D eigenvalue weighted by atomic mass is 10.2. The number of furan rings is 1. The number of carbonyl (C=O) groups is 2. The minimum atomic E-state index is -1.27. The number of hydrogen-bond acceptors (Lipinski definition) is 4. The first-order chi connectivity index (χ1) is 13.3. The average molecular weight is 389 g/mol. The second-order valence-electron chi connectivity index (χ2n) is 5.83. The molecule has 5 nitrogen and oxygen atoms in total. The van der Waals surface area contributed by atoms with Gasteiger partial charge in [-0.1, -0.05) is 0 Å². The van der Waals surface area contributed by atoms with Crippen LogP contribution in [0.2, 0.25) is 0 Å². The number of rotatable bonds is 5. The largest absolute Gasteiger partial charge is 0.449 e. The Morgan fingerprint density at radius 3 is 2.32 bits per heavy atom. The second-order valence-corrected chi connectivity index (χ2v) is 5.83. The average Bonchev–Trinajstić information content (AvgIpc) is 3.14. The topological polar surface area (TPSA) is 68.5 Å². The molecule has 0 fully saturated rings. The number of esters is 1. The molecule has 0 radical (unpaired) electrons. The van der Waals surface area contributed by atoms with E-state index in [1.54, 1.807) is 0 Å². The summed E-state index contributed by atoms with van der Waals surface area (Å²) >= 11 is 0. The smallest absolute Gasteiger partial charge is 0.375 e. The molecular formula is C20H14F3NO4. The van der Waals surface area contributed by atoms with Crippen molar-refractivity contribution < 1.29 is 31.9 Å². The van der Waals surface area contributed by atoms with Crippen LogP contribution in [0.4, 0.5) is 18.9 Å². The van der Waals surface area contributed by atoms with Gasteiger partial charge >= 0.3 is 5.97 Å². The monoisotopic (exact) mass is 389 g/mol. The van der Waals surface area contributed by atoms with Crippen LogP contribution < -0.4 is 5.32 Å². The molecule has 1 amide bonds. The fourth-order valence-electron chi connectivity index (χ4n) is 2.31. The predicted octanol–water partition coefficient (Wildman–Crippen LogP) is 4.55. The highest BCUT2D eigenvalue weighted by Gasteiger charge is 2.22. The third kappa shape index (κ3) is 4.40. The molecule has 144 valence electrons. The molecule has 0 saturated heterocycles. The zero-order chi connectivity index (χ0) is 20.3. The van der Waals surface area contributed by atoms with Gasteiger partial charge in [-0.25, -0.2) is 18.0 Å². The predicted molar refractivity (Wildman–Crippen MR) is 94.0 cm³/mol. The van der Waals surface area contributed by atoms with Crippen molar-refractivity contribution in [3.8, 4) is 11.3 Å². The number of halogens is 3. The minimum absolute atomic E-state index is 0.160. The Kier molecular flexibility index (Phi) is 5.49. The van der Waals surface area contributed by atoms with Crippen molar-refractivity contribution >= 4 is 17.6 Å². The first kappa shape index (κ1) is 19.2. The Labute approximate surface area is 157 Å².